The summed E-state index contributed by atoms with van der Waals surface area (Å²) in [5.74, 6) is 0.645. The summed E-state index contributed by atoms with van der Waals surface area (Å²) in [5, 5.41) is 1.48. The van der Waals surface area contributed by atoms with Gasteiger partial charge in [0.15, 0.2) is 0 Å². The van der Waals surface area contributed by atoms with Gasteiger partial charge in [-0.1, -0.05) is 29.3 Å². The van der Waals surface area contributed by atoms with E-state index < -0.39 is 0 Å². The molecule has 1 aliphatic rings. The van der Waals surface area contributed by atoms with Gasteiger partial charge in [-0.3, -0.25) is 14.2 Å². The van der Waals surface area contributed by atoms with E-state index in [1.807, 2.05) is 6.07 Å². The molecule has 0 saturated carbocycles. The van der Waals surface area contributed by atoms with Gasteiger partial charge in [0.25, 0.3) is 11.5 Å². The van der Waals surface area contributed by atoms with Crippen molar-refractivity contribution >= 4 is 40.0 Å². The molecular weight excluding hydrogens is 385 g/mol. The molecular formula is C20H17Cl2N3O2. The van der Waals surface area contributed by atoms with Gasteiger partial charge < -0.3 is 4.90 Å². The first kappa shape index (κ1) is 18.0. The maximum absolute atomic E-state index is 12.8. The summed E-state index contributed by atoms with van der Waals surface area (Å²) >= 11 is 12.0. The van der Waals surface area contributed by atoms with Crippen molar-refractivity contribution in [3.63, 3.8) is 0 Å². The fourth-order valence-electron chi connectivity index (χ4n) is 3.42. The lowest BCUT2D eigenvalue weighted by Crippen LogP contribution is -2.26. The van der Waals surface area contributed by atoms with Gasteiger partial charge >= 0.3 is 0 Å². The van der Waals surface area contributed by atoms with Crippen molar-refractivity contribution in [2.75, 3.05) is 7.05 Å². The number of amides is 1. The van der Waals surface area contributed by atoms with Crippen molar-refractivity contribution in [3.05, 3.63) is 73.7 Å². The smallest absolute Gasteiger partial charge is 0.261 e. The molecule has 4 rings (SSSR count). The van der Waals surface area contributed by atoms with Crippen LogP contribution in [0.3, 0.4) is 0 Å². The molecule has 0 spiro atoms. The molecule has 27 heavy (non-hydrogen) atoms. The fraction of sp³-hybridized carbons (Fsp3) is 0.250. The molecule has 0 atom stereocenters. The summed E-state index contributed by atoms with van der Waals surface area (Å²) in [6.45, 7) is 1.11. The Balaban J connectivity index is 1.63. The first-order valence-corrected chi connectivity index (χ1v) is 9.42. The van der Waals surface area contributed by atoms with E-state index in [-0.39, 0.29) is 11.5 Å². The summed E-state index contributed by atoms with van der Waals surface area (Å²) < 4.78 is 1.72. The van der Waals surface area contributed by atoms with Gasteiger partial charge in [-0.15, -0.1) is 0 Å². The number of carbonyl (C=O) groups is 1. The number of fused-ring (bicyclic) bond motifs is 2. The Morgan fingerprint density at radius 2 is 2.00 bits per heavy atom. The Bertz CT molecular complexity index is 1120. The monoisotopic (exact) mass is 401 g/mol. The minimum absolute atomic E-state index is 0.0318. The molecule has 0 radical (unpaired) electrons. The Morgan fingerprint density at radius 3 is 2.78 bits per heavy atom. The van der Waals surface area contributed by atoms with E-state index >= 15 is 0 Å². The van der Waals surface area contributed by atoms with Crippen molar-refractivity contribution in [1.82, 2.24) is 14.5 Å². The molecule has 7 heteroatoms. The predicted octanol–water partition coefficient (Wildman–Crippen LogP) is 3.92. The lowest BCUT2D eigenvalue weighted by molar-refractivity contribution is 0.0785. The molecule has 0 N–H and O–H groups in total. The van der Waals surface area contributed by atoms with Crippen molar-refractivity contribution in [2.24, 2.45) is 0 Å². The number of nitrogens with zero attached hydrogens (tertiary/aromatic N) is 3. The van der Waals surface area contributed by atoms with E-state index in [1.54, 1.807) is 46.8 Å². The molecule has 0 fully saturated rings. The van der Waals surface area contributed by atoms with Gasteiger partial charge in [-0.2, -0.15) is 0 Å². The molecule has 0 saturated heterocycles. The van der Waals surface area contributed by atoms with Crippen LogP contribution in [-0.2, 0) is 19.5 Å². The number of hydrogen-bond acceptors (Lipinski definition) is 3. The molecule has 0 unspecified atom stereocenters. The summed E-state index contributed by atoms with van der Waals surface area (Å²) in [5.41, 5.74) is 1.92. The molecule has 5 nitrogen and oxygen atoms in total. The highest BCUT2D eigenvalue weighted by Crippen LogP contribution is 2.23. The number of aryl methyl sites for hydroxylation is 1. The lowest BCUT2D eigenvalue weighted by atomic mass is 10.1. The van der Waals surface area contributed by atoms with Crippen molar-refractivity contribution in [2.45, 2.75) is 25.9 Å². The number of carbonyl (C=O) groups excluding carboxylic acids is 1. The van der Waals surface area contributed by atoms with E-state index in [0.717, 1.165) is 24.2 Å². The quantitative estimate of drug-likeness (QED) is 0.667. The molecule has 138 valence electrons. The SMILES string of the molecule is CN(Cc1ccc(Cl)c(Cl)c1)C(=O)c1ccc2c(=O)n3c(nc2c1)CCC3. The van der Waals surface area contributed by atoms with Crippen LogP contribution in [0.5, 0.6) is 0 Å². The van der Waals surface area contributed by atoms with E-state index in [0.29, 0.717) is 39.6 Å². The highest BCUT2D eigenvalue weighted by Gasteiger charge is 2.18. The zero-order valence-electron chi connectivity index (χ0n) is 14.7. The number of benzene rings is 2. The van der Waals surface area contributed by atoms with Crippen LogP contribution in [-0.4, -0.2) is 27.4 Å². The molecule has 0 bridgehead atoms. The Morgan fingerprint density at radius 1 is 1.19 bits per heavy atom. The molecule has 1 aromatic heterocycles. The van der Waals surface area contributed by atoms with E-state index in [4.69, 9.17) is 23.2 Å². The van der Waals surface area contributed by atoms with Gasteiger partial charge in [0.2, 0.25) is 0 Å². The zero-order valence-corrected chi connectivity index (χ0v) is 16.2. The second-order valence-electron chi connectivity index (χ2n) is 6.73. The molecule has 2 heterocycles. The molecule has 2 aromatic carbocycles. The standard InChI is InChI=1S/C20H17Cl2N3O2/c1-24(11-12-4-7-15(21)16(22)9-12)19(26)13-5-6-14-17(10-13)23-18-3-2-8-25(18)20(14)27/h4-7,9-10H,2-3,8,11H2,1H3. The van der Waals surface area contributed by atoms with Crippen LogP contribution in [0.25, 0.3) is 10.9 Å². The lowest BCUT2D eigenvalue weighted by Gasteiger charge is -2.18. The van der Waals surface area contributed by atoms with Crippen LogP contribution in [0.2, 0.25) is 10.0 Å². The maximum atomic E-state index is 12.8. The molecule has 0 aliphatic carbocycles. The third-order valence-electron chi connectivity index (χ3n) is 4.81. The Kier molecular flexibility index (Phi) is 4.66. The zero-order chi connectivity index (χ0) is 19.1. The van der Waals surface area contributed by atoms with Crippen LogP contribution in [0.4, 0.5) is 0 Å². The van der Waals surface area contributed by atoms with Crippen LogP contribution < -0.4 is 5.56 Å². The van der Waals surface area contributed by atoms with Crippen LogP contribution >= 0.6 is 23.2 Å². The Hall–Kier alpha value is -2.37. The summed E-state index contributed by atoms with van der Waals surface area (Å²) in [6, 6.07) is 10.4. The van der Waals surface area contributed by atoms with E-state index in [2.05, 4.69) is 4.98 Å². The number of aromatic nitrogens is 2. The predicted molar refractivity (Wildman–Crippen MR) is 107 cm³/mol. The van der Waals surface area contributed by atoms with Gasteiger partial charge in [-0.05, 0) is 42.3 Å². The average Bonchev–Trinajstić information content (AvgIpc) is 3.12. The summed E-state index contributed by atoms with van der Waals surface area (Å²) in [6.07, 6.45) is 1.72. The second-order valence-corrected chi connectivity index (χ2v) is 7.54. The largest absolute Gasteiger partial charge is 0.337 e. The van der Waals surface area contributed by atoms with Gasteiger partial charge in [-0.25, -0.2) is 4.98 Å². The van der Waals surface area contributed by atoms with E-state index in [1.165, 1.54) is 0 Å². The fourth-order valence-corrected chi connectivity index (χ4v) is 3.74. The van der Waals surface area contributed by atoms with Crippen LogP contribution in [0.15, 0.2) is 41.2 Å². The maximum Gasteiger partial charge on any atom is 0.261 e. The highest BCUT2D eigenvalue weighted by molar-refractivity contribution is 6.42. The molecule has 1 aliphatic heterocycles. The van der Waals surface area contributed by atoms with Crippen molar-refractivity contribution < 1.29 is 4.79 Å². The minimum atomic E-state index is -0.148. The minimum Gasteiger partial charge on any atom is -0.337 e. The van der Waals surface area contributed by atoms with Crippen LogP contribution in [0.1, 0.15) is 28.2 Å². The van der Waals surface area contributed by atoms with Gasteiger partial charge in [0, 0.05) is 32.1 Å². The van der Waals surface area contributed by atoms with Crippen LogP contribution in [0, 0.1) is 0 Å². The first-order valence-electron chi connectivity index (χ1n) is 8.67. The third kappa shape index (κ3) is 3.33. The highest BCUT2D eigenvalue weighted by atomic mass is 35.5. The topological polar surface area (TPSA) is 55.2 Å². The molecule has 3 aromatic rings. The third-order valence-corrected chi connectivity index (χ3v) is 5.55. The van der Waals surface area contributed by atoms with Crippen molar-refractivity contribution in [1.29, 1.82) is 0 Å². The summed E-state index contributed by atoms with van der Waals surface area (Å²) in [4.78, 5) is 31.5. The summed E-state index contributed by atoms with van der Waals surface area (Å²) in [7, 11) is 1.72. The normalized spacial score (nSPS) is 13.0. The van der Waals surface area contributed by atoms with Gasteiger partial charge in [0.1, 0.15) is 5.82 Å². The molecule has 1 amide bonds. The number of hydrogen-bond donors (Lipinski definition) is 0. The first-order chi connectivity index (χ1) is 12.9. The number of rotatable bonds is 3. The second kappa shape index (κ2) is 6.98. The average molecular weight is 402 g/mol. The number of halogens is 2. The van der Waals surface area contributed by atoms with Gasteiger partial charge in [0.05, 0.1) is 20.9 Å². The van der Waals surface area contributed by atoms with Crippen molar-refractivity contribution in [3.8, 4) is 0 Å². The Labute approximate surface area is 166 Å². The van der Waals surface area contributed by atoms with E-state index in [9.17, 15) is 9.59 Å².